The Morgan fingerprint density at radius 1 is 1.21 bits per heavy atom. The molecule has 1 aromatic carbocycles. The van der Waals surface area contributed by atoms with Gasteiger partial charge in [-0.3, -0.25) is 14.4 Å². The van der Waals surface area contributed by atoms with Gasteiger partial charge in [0.2, 0.25) is 5.91 Å². The third-order valence-electron chi connectivity index (χ3n) is 6.57. The van der Waals surface area contributed by atoms with Gasteiger partial charge in [-0.1, -0.05) is 38.8 Å². The van der Waals surface area contributed by atoms with E-state index < -0.39 is 11.9 Å². The van der Waals surface area contributed by atoms with Crippen molar-refractivity contribution in [3.05, 3.63) is 29.3 Å². The zero-order chi connectivity index (χ0) is 21.1. The Kier molecular flexibility index (Phi) is 6.60. The van der Waals surface area contributed by atoms with E-state index in [0.717, 1.165) is 24.0 Å². The molecular formula is C23H32N2O4. The molecule has 6 heteroatoms. The number of rotatable bonds is 5. The number of carbonyl (C=O) groups is 3. The molecule has 1 N–H and O–H groups in total. The molecular weight excluding hydrogens is 368 g/mol. The summed E-state index contributed by atoms with van der Waals surface area (Å²) in [5.41, 5.74) is 2.70. The van der Waals surface area contributed by atoms with E-state index in [1.165, 1.54) is 6.42 Å². The van der Waals surface area contributed by atoms with Gasteiger partial charge in [0.1, 0.15) is 0 Å². The number of nitrogens with zero attached hydrogens (tertiary/aromatic N) is 1. The second-order valence-electron chi connectivity index (χ2n) is 8.76. The Hall–Kier alpha value is -2.37. The number of carbonyl (C=O) groups excluding carboxylic acids is 3. The highest BCUT2D eigenvalue weighted by Gasteiger charge is 2.42. The third-order valence-corrected chi connectivity index (χ3v) is 6.57. The highest BCUT2D eigenvalue weighted by Crippen LogP contribution is 2.35. The molecule has 2 aliphatic rings. The predicted octanol–water partition coefficient (Wildman–Crippen LogP) is 3.46. The van der Waals surface area contributed by atoms with Crippen LogP contribution in [0.2, 0.25) is 0 Å². The monoisotopic (exact) mass is 400 g/mol. The summed E-state index contributed by atoms with van der Waals surface area (Å²) >= 11 is 0. The number of aryl methyl sites for hydroxylation is 2. The van der Waals surface area contributed by atoms with Crippen LogP contribution in [0.5, 0.6) is 0 Å². The summed E-state index contributed by atoms with van der Waals surface area (Å²) in [5, 5.41) is 2.78. The van der Waals surface area contributed by atoms with Crippen LogP contribution in [0.25, 0.3) is 0 Å². The van der Waals surface area contributed by atoms with E-state index in [9.17, 15) is 14.4 Å². The Balaban J connectivity index is 1.51. The van der Waals surface area contributed by atoms with Gasteiger partial charge < -0.3 is 15.0 Å². The van der Waals surface area contributed by atoms with E-state index in [0.29, 0.717) is 24.1 Å². The summed E-state index contributed by atoms with van der Waals surface area (Å²) in [6.07, 6.45) is 3.49. The summed E-state index contributed by atoms with van der Waals surface area (Å²) in [7, 11) is 0. The number of likely N-dealkylation sites (tertiary alicyclic amines) is 1. The SMILES string of the molecule is Cc1ccc(C)c(NC(=O)COC(=O)[C@H]2CC(=O)N([C@H]3CCC[C@H](C)[C@@H]3C)C2)c1. The summed E-state index contributed by atoms with van der Waals surface area (Å²) in [6, 6.07) is 6.00. The minimum Gasteiger partial charge on any atom is -0.455 e. The van der Waals surface area contributed by atoms with Crippen LogP contribution >= 0.6 is 0 Å². The van der Waals surface area contributed by atoms with Crippen molar-refractivity contribution in [3.8, 4) is 0 Å². The second-order valence-corrected chi connectivity index (χ2v) is 8.76. The molecule has 0 aromatic heterocycles. The van der Waals surface area contributed by atoms with E-state index in [1.807, 2.05) is 36.9 Å². The molecule has 3 rings (SSSR count). The molecule has 1 aromatic rings. The van der Waals surface area contributed by atoms with Crippen molar-refractivity contribution in [1.29, 1.82) is 0 Å². The van der Waals surface area contributed by atoms with E-state index in [-0.39, 0.29) is 30.9 Å². The fourth-order valence-corrected chi connectivity index (χ4v) is 4.52. The molecule has 2 fully saturated rings. The van der Waals surface area contributed by atoms with Crippen LogP contribution in [-0.4, -0.2) is 41.9 Å². The van der Waals surface area contributed by atoms with E-state index >= 15 is 0 Å². The Morgan fingerprint density at radius 2 is 1.97 bits per heavy atom. The lowest BCUT2D eigenvalue weighted by Gasteiger charge is -2.39. The Morgan fingerprint density at radius 3 is 2.72 bits per heavy atom. The normalized spacial score (nSPS) is 27.0. The average Bonchev–Trinajstić information content (AvgIpc) is 3.06. The molecule has 1 saturated heterocycles. The quantitative estimate of drug-likeness (QED) is 0.768. The van der Waals surface area contributed by atoms with E-state index in [4.69, 9.17) is 4.74 Å². The Labute approximate surface area is 173 Å². The summed E-state index contributed by atoms with van der Waals surface area (Å²) in [4.78, 5) is 39.1. The first-order chi connectivity index (χ1) is 13.8. The number of hydrogen-bond donors (Lipinski definition) is 1. The van der Waals surface area contributed by atoms with Crippen LogP contribution in [-0.2, 0) is 19.1 Å². The minimum atomic E-state index is -0.486. The highest BCUT2D eigenvalue weighted by molar-refractivity contribution is 5.94. The summed E-state index contributed by atoms with van der Waals surface area (Å²) < 4.78 is 5.23. The highest BCUT2D eigenvalue weighted by atomic mass is 16.5. The van der Waals surface area contributed by atoms with Crippen LogP contribution in [0.4, 0.5) is 5.69 Å². The first-order valence-corrected chi connectivity index (χ1v) is 10.6. The second kappa shape index (κ2) is 8.97. The van der Waals surface area contributed by atoms with Crippen LogP contribution < -0.4 is 5.32 Å². The van der Waals surface area contributed by atoms with Crippen molar-refractivity contribution in [2.75, 3.05) is 18.5 Å². The van der Waals surface area contributed by atoms with Crippen LogP contribution in [0, 0.1) is 31.6 Å². The van der Waals surface area contributed by atoms with Gasteiger partial charge in [0.15, 0.2) is 6.61 Å². The molecule has 0 spiro atoms. The van der Waals surface area contributed by atoms with Crippen molar-refractivity contribution >= 4 is 23.5 Å². The largest absolute Gasteiger partial charge is 0.455 e. The van der Waals surface area contributed by atoms with Gasteiger partial charge in [-0.05, 0) is 49.3 Å². The maximum absolute atomic E-state index is 12.5. The number of anilines is 1. The number of esters is 1. The molecule has 29 heavy (non-hydrogen) atoms. The number of nitrogens with one attached hydrogen (secondary N) is 1. The van der Waals surface area contributed by atoms with Crippen molar-refractivity contribution in [2.24, 2.45) is 17.8 Å². The fourth-order valence-electron chi connectivity index (χ4n) is 4.52. The smallest absolute Gasteiger partial charge is 0.311 e. The lowest BCUT2D eigenvalue weighted by Crippen LogP contribution is -2.45. The van der Waals surface area contributed by atoms with E-state index in [1.54, 1.807) is 0 Å². The standard InChI is InChI=1S/C23H32N2O4/c1-14-8-9-16(3)19(10-14)24-21(26)13-29-23(28)18-11-22(27)25(12-18)20-7-5-6-15(2)17(20)4/h8-10,15,17-18,20H,5-7,11-13H2,1-4H3,(H,24,26)/t15-,17-,18-,20-/m0/s1. The molecule has 0 radical (unpaired) electrons. The van der Waals surface area contributed by atoms with Crippen LogP contribution in [0.3, 0.4) is 0 Å². The molecule has 0 unspecified atom stereocenters. The van der Waals surface area contributed by atoms with Gasteiger partial charge >= 0.3 is 5.97 Å². The maximum atomic E-state index is 12.5. The lowest BCUT2D eigenvalue weighted by atomic mass is 9.77. The van der Waals surface area contributed by atoms with Crippen molar-refractivity contribution in [2.45, 2.75) is 59.4 Å². The van der Waals surface area contributed by atoms with Gasteiger partial charge in [-0.15, -0.1) is 0 Å². The zero-order valence-electron chi connectivity index (χ0n) is 17.9. The van der Waals surface area contributed by atoms with E-state index in [2.05, 4.69) is 19.2 Å². The topological polar surface area (TPSA) is 75.7 Å². The Bertz CT molecular complexity index is 791. The molecule has 1 heterocycles. The van der Waals surface area contributed by atoms with Gasteiger partial charge in [0, 0.05) is 24.7 Å². The maximum Gasteiger partial charge on any atom is 0.311 e. The molecule has 0 bridgehead atoms. The van der Waals surface area contributed by atoms with Crippen LogP contribution in [0.1, 0.15) is 50.7 Å². The fraction of sp³-hybridized carbons (Fsp3) is 0.609. The minimum absolute atomic E-state index is 0.0257. The molecule has 1 aliphatic carbocycles. The van der Waals surface area contributed by atoms with Crippen LogP contribution in [0.15, 0.2) is 18.2 Å². The molecule has 1 saturated carbocycles. The average molecular weight is 401 g/mol. The van der Waals surface area contributed by atoms with Crippen molar-refractivity contribution in [1.82, 2.24) is 4.90 Å². The number of ether oxygens (including phenoxy) is 1. The van der Waals surface area contributed by atoms with Gasteiger partial charge in [0.25, 0.3) is 5.91 Å². The number of amides is 2. The molecule has 158 valence electrons. The molecule has 2 amide bonds. The van der Waals surface area contributed by atoms with Crippen molar-refractivity contribution < 1.29 is 19.1 Å². The molecule has 6 nitrogen and oxygen atoms in total. The summed E-state index contributed by atoms with van der Waals surface area (Å²) in [5.74, 6) is -0.276. The molecule has 4 atom stereocenters. The first-order valence-electron chi connectivity index (χ1n) is 10.6. The van der Waals surface area contributed by atoms with Gasteiger partial charge in [-0.25, -0.2) is 0 Å². The molecule has 1 aliphatic heterocycles. The lowest BCUT2D eigenvalue weighted by molar-refractivity contribution is -0.151. The summed E-state index contributed by atoms with van der Waals surface area (Å²) in [6.45, 7) is 8.35. The van der Waals surface area contributed by atoms with Crippen molar-refractivity contribution in [3.63, 3.8) is 0 Å². The first kappa shape index (κ1) is 21.3. The zero-order valence-corrected chi connectivity index (χ0v) is 17.9. The predicted molar refractivity (Wildman–Crippen MR) is 111 cm³/mol. The number of benzene rings is 1. The third kappa shape index (κ3) is 4.98. The van der Waals surface area contributed by atoms with Gasteiger partial charge in [-0.2, -0.15) is 0 Å². The van der Waals surface area contributed by atoms with Gasteiger partial charge in [0.05, 0.1) is 5.92 Å². The number of hydrogen-bond acceptors (Lipinski definition) is 4.